The van der Waals surface area contributed by atoms with Crippen LogP contribution in [0.15, 0.2) is 42.9 Å². The van der Waals surface area contributed by atoms with Gasteiger partial charge in [0.2, 0.25) is 5.91 Å². The molecule has 2 bridgehead atoms. The molecule has 3 aromatic rings. The van der Waals surface area contributed by atoms with E-state index in [9.17, 15) is 18.8 Å². The number of nitrogens with one attached hydrogen (secondary N) is 1. The quantitative estimate of drug-likeness (QED) is 0.450. The third-order valence-corrected chi connectivity index (χ3v) is 9.04. The molecule has 2 aromatic heterocycles. The number of carbonyl (C=O) groups is 3. The second kappa shape index (κ2) is 10.4. The van der Waals surface area contributed by atoms with Crippen molar-refractivity contribution in [1.29, 1.82) is 0 Å². The molecule has 1 saturated carbocycles. The number of halogens is 1. The lowest BCUT2D eigenvalue weighted by Crippen LogP contribution is -2.63. The van der Waals surface area contributed by atoms with E-state index in [1.54, 1.807) is 40.2 Å². The number of hydrogen-bond acceptors (Lipinski definition) is 5. The van der Waals surface area contributed by atoms with Crippen LogP contribution in [0.3, 0.4) is 0 Å². The number of hydrogen-bond donors (Lipinski definition) is 1. The minimum atomic E-state index is -0.502. The summed E-state index contributed by atoms with van der Waals surface area (Å²) in [7, 11) is 0. The van der Waals surface area contributed by atoms with Crippen molar-refractivity contribution in [2.75, 3.05) is 19.6 Å². The Hall–Kier alpha value is -3.59. The molecule has 9 heteroatoms. The lowest BCUT2D eigenvalue weighted by atomic mass is 9.75. The van der Waals surface area contributed by atoms with Crippen LogP contribution in [0.25, 0.3) is 16.6 Å². The first-order valence-corrected chi connectivity index (χ1v) is 14.4. The highest BCUT2D eigenvalue weighted by atomic mass is 19.1. The summed E-state index contributed by atoms with van der Waals surface area (Å²) in [5.41, 5.74) is 1.90. The van der Waals surface area contributed by atoms with Gasteiger partial charge in [-0.3, -0.25) is 19.4 Å². The molecule has 0 radical (unpaired) electrons. The first kappa shape index (κ1) is 26.6. The highest BCUT2D eigenvalue weighted by molar-refractivity contribution is 6.10. The van der Waals surface area contributed by atoms with Crippen molar-refractivity contribution < 1.29 is 18.8 Å². The van der Waals surface area contributed by atoms with Crippen LogP contribution >= 0.6 is 0 Å². The van der Waals surface area contributed by atoms with Crippen molar-refractivity contribution >= 4 is 28.5 Å². The number of piperidine rings is 2. The molecule has 7 rings (SSSR count). The number of ketones is 1. The lowest BCUT2D eigenvalue weighted by molar-refractivity contribution is -0.142. The maximum atomic E-state index is 14.4. The highest BCUT2D eigenvalue weighted by Gasteiger charge is 2.45. The van der Waals surface area contributed by atoms with E-state index in [0.29, 0.717) is 48.4 Å². The van der Waals surface area contributed by atoms with Gasteiger partial charge >= 0.3 is 0 Å². The maximum Gasteiger partial charge on any atom is 0.256 e. The molecule has 0 spiro atoms. The largest absolute Gasteiger partial charge is 0.340 e. The number of aromatic nitrogens is 2. The third-order valence-electron chi connectivity index (χ3n) is 9.04. The predicted octanol–water partition coefficient (Wildman–Crippen LogP) is 4.21. The fourth-order valence-electron chi connectivity index (χ4n) is 6.78. The van der Waals surface area contributed by atoms with E-state index in [1.165, 1.54) is 12.1 Å². The molecule has 210 valence electrons. The van der Waals surface area contributed by atoms with E-state index in [4.69, 9.17) is 0 Å². The smallest absolute Gasteiger partial charge is 0.256 e. The van der Waals surface area contributed by atoms with Gasteiger partial charge < -0.3 is 19.7 Å². The molecule has 1 aliphatic carbocycles. The molecule has 4 fully saturated rings. The summed E-state index contributed by atoms with van der Waals surface area (Å²) in [5.74, 6) is -0.594. The topological polar surface area (TPSA) is 87.5 Å². The van der Waals surface area contributed by atoms with E-state index < -0.39 is 5.82 Å². The Morgan fingerprint density at radius 3 is 2.50 bits per heavy atom. The molecule has 4 aliphatic rings. The summed E-state index contributed by atoms with van der Waals surface area (Å²) in [5, 5.41) is 4.23. The number of Topliss-reactive ketones (excluding diaryl/α,β-unsaturated/α-hetero) is 1. The van der Waals surface area contributed by atoms with Crippen LogP contribution in [0, 0.1) is 17.7 Å². The van der Waals surface area contributed by atoms with E-state index in [-0.39, 0.29) is 41.2 Å². The van der Waals surface area contributed by atoms with Gasteiger partial charge in [-0.25, -0.2) is 4.39 Å². The van der Waals surface area contributed by atoms with Gasteiger partial charge in [0.05, 0.1) is 34.9 Å². The van der Waals surface area contributed by atoms with Gasteiger partial charge in [-0.2, -0.15) is 0 Å². The minimum absolute atomic E-state index is 0.0375. The molecule has 1 aromatic carbocycles. The summed E-state index contributed by atoms with van der Waals surface area (Å²) in [6.07, 6.45) is 9.50. The Morgan fingerprint density at radius 1 is 1.10 bits per heavy atom. The Bertz CT molecular complexity index is 1470. The molecule has 40 heavy (non-hydrogen) atoms. The van der Waals surface area contributed by atoms with E-state index in [2.05, 4.69) is 10.3 Å². The van der Waals surface area contributed by atoms with Gasteiger partial charge in [0.1, 0.15) is 5.82 Å². The van der Waals surface area contributed by atoms with Crippen LogP contribution in [-0.2, 0) is 4.79 Å². The number of amides is 2. The minimum Gasteiger partial charge on any atom is -0.340 e. The summed E-state index contributed by atoms with van der Waals surface area (Å²) in [4.78, 5) is 48.2. The molecule has 1 atom stereocenters. The third kappa shape index (κ3) is 4.50. The average molecular weight is 546 g/mol. The molecule has 1 N–H and O–H groups in total. The zero-order valence-electron chi connectivity index (χ0n) is 23.3. The number of nitrogens with zero attached hydrogens (tertiary/aromatic N) is 4. The average Bonchev–Trinajstić information content (AvgIpc) is 3.32. The Balaban J connectivity index is 1.28. The van der Waals surface area contributed by atoms with Crippen molar-refractivity contribution in [3.63, 3.8) is 0 Å². The van der Waals surface area contributed by atoms with Crippen LogP contribution in [-0.4, -0.2) is 74.7 Å². The number of rotatable bonds is 7. The standard InChI is InChI=1S/C31H36FN5O3/c1-4-36(18(2)3)30(39)24-13-21(32)7-10-26(24)37-17-25(23-11-12-33-14-27(23)37)29(38)20-15-35(16-20)31(40)28-19-5-8-22(34-28)9-6-19/h7,10-14,17-20,22,28,34H,4-6,8-9,15-16H2,1-3H3. The first-order valence-electron chi connectivity index (χ1n) is 14.4. The van der Waals surface area contributed by atoms with E-state index in [1.807, 2.05) is 25.7 Å². The number of carbonyl (C=O) groups excluding carboxylic acids is 3. The molecule has 3 saturated heterocycles. The van der Waals surface area contributed by atoms with Crippen molar-refractivity contribution in [3.05, 3.63) is 59.8 Å². The second-order valence-corrected chi connectivity index (χ2v) is 11.7. The summed E-state index contributed by atoms with van der Waals surface area (Å²) >= 11 is 0. The number of likely N-dealkylation sites (tertiary alicyclic amines) is 1. The fourth-order valence-corrected chi connectivity index (χ4v) is 6.78. The van der Waals surface area contributed by atoms with E-state index in [0.717, 1.165) is 31.1 Å². The molecular formula is C31H36FN5O3. The van der Waals surface area contributed by atoms with Gasteiger partial charge in [0, 0.05) is 55.1 Å². The van der Waals surface area contributed by atoms with Gasteiger partial charge in [-0.15, -0.1) is 0 Å². The van der Waals surface area contributed by atoms with Gasteiger partial charge in [-0.1, -0.05) is 0 Å². The Morgan fingerprint density at radius 2 is 1.85 bits per heavy atom. The van der Waals surface area contributed by atoms with E-state index >= 15 is 0 Å². The highest BCUT2D eigenvalue weighted by Crippen LogP contribution is 2.36. The van der Waals surface area contributed by atoms with Crippen LogP contribution < -0.4 is 5.32 Å². The van der Waals surface area contributed by atoms with Crippen molar-refractivity contribution in [2.24, 2.45) is 11.8 Å². The predicted molar refractivity (Wildman–Crippen MR) is 150 cm³/mol. The fraction of sp³-hybridized carbons (Fsp3) is 0.484. The van der Waals surface area contributed by atoms with Crippen LogP contribution in [0.4, 0.5) is 4.39 Å². The molecule has 1 unspecified atom stereocenters. The zero-order valence-corrected chi connectivity index (χ0v) is 23.3. The Labute approximate surface area is 233 Å². The molecule has 8 nitrogen and oxygen atoms in total. The SMILES string of the molecule is CCN(C(=O)c1cc(F)ccc1-n1cc(C(=O)C2CN(C(=O)C3NC4CCC3CC4)C2)c2ccncc21)C(C)C. The first-order chi connectivity index (χ1) is 19.3. The number of benzene rings is 1. The number of pyridine rings is 1. The molecule has 3 aliphatic heterocycles. The summed E-state index contributed by atoms with van der Waals surface area (Å²) in [6.45, 7) is 7.04. The monoisotopic (exact) mass is 545 g/mol. The Kier molecular flexibility index (Phi) is 6.94. The van der Waals surface area contributed by atoms with Crippen LogP contribution in [0.5, 0.6) is 0 Å². The summed E-state index contributed by atoms with van der Waals surface area (Å²) in [6, 6.07) is 6.20. The number of fused-ring (bicyclic) bond motifs is 4. The zero-order chi connectivity index (χ0) is 28.1. The van der Waals surface area contributed by atoms with Crippen LogP contribution in [0.1, 0.15) is 67.2 Å². The molecular weight excluding hydrogens is 509 g/mol. The van der Waals surface area contributed by atoms with Gasteiger partial charge in [0.25, 0.3) is 5.91 Å². The van der Waals surface area contributed by atoms with Crippen LogP contribution in [0.2, 0.25) is 0 Å². The van der Waals surface area contributed by atoms with Gasteiger partial charge in [0.15, 0.2) is 5.78 Å². The maximum absolute atomic E-state index is 14.4. The molecule has 2 amide bonds. The van der Waals surface area contributed by atoms with Crippen molar-refractivity contribution in [1.82, 2.24) is 24.7 Å². The van der Waals surface area contributed by atoms with Crippen molar-refractivity contribution in [2.45, 2.75) is 64.6 Å². The molecule has 5 heterocycles. The second-order valence-electron chi connectivity index (χ2n) is 11.7. The van der Waals surface area contributed by atoms with Crippen molar-refractivity contribution in [3.8, 4) is 5.69 Å². The normalized spacial score (nSPS) is 22.5. The summed E-state index contributed by atoms with van der Waals surface area (Å²) < 4.78 is 16.2. The van der Waals surface area contributed by atoms with Gasteiger partial charge in [-0.05, 0) is 76.6 Å². The lowest BCUT2D eigenvalue weighted by Gasteiger charge is -2.47.